The lowest BCUT2D eigenvalue weighted by molar-refractivity contribution is -0.0412. The monoisotopic (exact) mass is 267 g/mol. The van der Waals surface area contributed by atoms with Crippen LogP contribution in [0, 0.1) is 5.82 Å². The summed E-state index contributed by atoms with van der Waals surface area (Å²) in [5.74, 6) is -0.207. The molecule has 0 bridgehead atoms. The van der Waals surface area contributed by atoms with E-state index < -0.39 is 0 Å². The van der Waals surface area contributed by atoms with Crippen molar-refractivity contribution in [3.05, 3.63) is 35.6 Å². The fourth-order valence-corrected chi connectivity index (χ4v) is 2.20. The number of benzene rings is 1. The van der Waals surface area contributed by atoms with Gasteiger partial charge in [0, 0.05) is 19.6 Å². The van der Waals surface area contributed by atoms with Gasteiger partial charge >= 0.3 is 0 Å². The van der Waals surface area contributed by atoms with Crippen molar-refractivity contribution in [2.75, 3.05) is 32.8 Å². The highest BCUT2D eigenvalue weighted by atomic mass is 19.1. The molecule has 1 aliphatic heterocycles. The van der Waals surface area contributed by atoms with E-state index in [1.54, 1.807) is 12.1 Å². The minimum Gasteiger partial charge on any atom is -0.377 e. The van der Waals surface area contributed by atoms with Crippen LogP contribution in [0.5, 0.6) is 0 Å². The molecule has 1 saturated heterocycles. The summed E-state index contributed by atoms with van der Waals surface area (Å²) >= 11 is 0. The van der Waals surface area contributed by atoms with Gasteiger partial charge in [-0.25, -0.2) is 4.39 Å². The van der Waals surface area contributed by atoms with Crippen molar-refractivity contribution in [2.24, 2.45) is 0 Å². The van der Waals surface area contributed by atoms with Crippen molar-refractivity contribution < 1.29 is 13.9 Å². The van der Waals surface area contributed by atoms with Crippen LogP contribution in [0.2, 0.25) is 0 Å². The first-order valence-corrected chi connectivity index (χ1v) is 6.86. The molecule has 0 saturated carbocycles. The average molecular weight is 267 g/mol. The van der Waals surface area contributed by atoms with E-state index in [-0.39, 0.29) is 18.0 Å². The Hall–Kier alpha value is -0.970. The second kappa shape index (κ2) is 6.98. The molecule has 0 aliphatic carbocycles. The summed E-state index contributed by atoms with van der Waals surface area (Å²) < 4.78 is 24.2. The van der Waals surface area contributed by atoms with Gasteiger partial charge in [0.1, 0.15) is 5.82 Å². The molecule has 1 atom stereocenters. The molecule has 4 heteroatoms. The van der Waals surface area contributed by atoms with Crippen LogP contribution in [0.4, 0.5) is 4.39 Å². The Labute approximate surface area is 114 Å². The molecule has 0 N–H and O–H groups in total. The van der Waals surface area contributed by atoms with E-state index in [1.165, 1.54) is 12.1 Å². The molecule has 1 fully saturated rings. The molecular weight excluding hydrogens is 245 g/mol. The highest BCUT2D eigenvalue weighted by Crippen LogP contribution is 2.22. The third-order valence-electron chi connectivity index (χ3n) is 3.25. The van der Waals surface area contributed by atoms with Gasteiger partial charge < -0.3 is 9.47 Å². The molecule has 1 aromatic carbocycles. The first-order valence-electron chi connectivity index (χ1n) is 6.86. The summed E-state index contributed by atoms with van der Waals surface area (Å²) in [6.45, 7) is 8.23. The van der Waals surface area contributed by atoms with Crippen molar-refractivity contribution in [3.8, 4) is 0 Å². The summed E-state index contributed by atoms with van der Waals surface area (Å²) in [4.78, 5) is 2.33. The fourth-order valence-electron chi connectivity index (χ4n) is 2.20. The van der Waals surface area contributed by atoms with Gasteiger partial charge in [0.25, 0.3) is 0 Å². The zero-order chi connectivity index (χ0) is 13.7. The molecule has 0 radical (unpaired) electrons. The van der Waals surface area contributed by atoms with Gasteiger partial charge in [-0.3, -0.25) is 4.90 Å². The van der Waals surface area contributed by atoms with Crippen LogP contribution in [0.3, 0.4) is 0 Å². The maximum absolute atomic E-state index is 12.9. The van der Waals surface area contributed by atoms with E-state index in [2.05, 4.69) is 4.90 Å². The van der Waals surface area contributed by atoms with Gasteiger partial charge in [-0.2, -0.15) is 0 Å². The molecule has 3 nitrogen and oxygen atoms in total. The highest BCUT2D eigenvalue weighted by molar-refractivity contribution is 5.19. The predicted molar refractivity (Wildman–Crippen MR) is 72.6 cm³/mol. The molecule has 106 valence electrons. The van der Waals surface area contributed by atoms with Crippen LogP contribution in [0.1, 0.15) is 25.5 Å². The standard InChI is InChI=1S/C15H22FNO2/c1-12(2)18-9-7-17-8-10-19-15(11-17)13-3-5-14(16)6-4-13/h3-6,12,15H,7-11H2,1-2H3. The minimum absolute atomic E-state index is 0.0356. The van der Waals surface area contributed by atoms with Gasteiger partial charge in [-0.15, -0.1) is 0 Å². The Morgan fingerprint density at radius 3 is 2.79 bits per heavy atom. The summed E-state index contributed by atoms with van der Waals surface area (Å²) in [6, 6.07) is 6.57. The second-order valence-electron chi connectivity index (χ2n) is 5.13. The number of halogens is 1. The van der Waals surface area contributed by atoms with Gasteiger partial charge in [0.2, 0.25) is 0 Å². The third kappa shape index (κ3) is 4.56. The summed E-state index contributed by atoms with van der Waals surface area (Å²) in [5.41, 5.74) is 1.04. The minimum atomic E-state index is -0.207. The van der Waals surface area contributed by atoms with Crippen LogP contribution in [-0.2, 0) is 9.47 Å². The van der Waals surface area contributed by atoms with Crippen LogP contribution in [0.25, 0.3) is 0 Å². The van der Waals surface area contributed by atoms with E-state index in [0.717, 1.165) is 31.8 Å². The fraction of sp³-hybridized carbons (Fsp3) is 0.600. The second-order valence-corrected chi connectivity index (χ2v) is 5.13. The Morgan fingerprint density at radius 2 is 2.11 bits per heavy atom. The highest BCUT2D eigenvalue weighted by Gasteiger charge is 2.21. The van der Waals surface area contributed by atoms with Crippen molar-refractivity contribution in [1.29, 1.82) is 0 Å². The number of hydrogen-bond donors (Lipinski definition) is 0. The normalized spacial score (nSPS) is 20.9. The number of morpholine rings is 1. The molecule has 19 heavy (non-hydrogen) atoms. The molecular formula is C15H22FNO2. The Morgan fingerprint density at radius 1 is 1.37 bits per heavy atom. The van der Waals surface area contributed by atoms with E-state index >= 15 is 0 Å². The summed E-state index contributed by atoms with van der Waals surface area (Å²) in [6.07, 6.45) is 0.308. The third-order valence-corrected chi connectivity index (χ3v) is 3.25. The Kier molecular flexibility index (Phi) is 5.31. The van der Waals surface area contributed by atoms with Gasteiger partial charge in [-0.05, 0) is 31.5 Å². The molecule has 1 unspecified atom stereocenters. The van der Waals surface area contributed by atoms with E-state index in [0.29, 0.717) is 6.61 Å². The molecule has 0 spiro atoms. The van der Waals surface area contributed by atoms with Crippen LogP contribution in [-0.4, -0.2) is 43.9 Å². The number of ether oxygens (including phenoxy) is 2. The quantitative estimate of drug-likeness (QED) is 0.818. The number of hydrogen-bond acceptors (Lipinski definition) is 3. The van der Waals surface area contributed by atoms with Gasteiger partial charge in [0.15, 0.2) is 0 Å². The lowest BCUT2D eigenvalue weighted by Gasteiger charge is -2.33. The van der Waals surface area contributed by atoms with Crippen molar-refractivity contribution in [1.82, 2.24) is 4.90 Å². The van der Waals surface area contributed by atoms with Crippen molar-refractivity contribution in [3.63, 3.8) is 0 Å². The summed E-state index contributed by atoms with van der Waals surface area (Å²) in [5, 5.41) is 0. The topological polar surface area (TPSA) is 21.7 Å². The molecule has 1 heterocycles. The number of nitrogens with zero attached hydrogens (tertiary/aromatic N) is 1. The van der Waals surface area contributed by atoms with Gasteiger partial charge in [0.05, 0.1) is 25.4 Å². The van der Waals surface area contributed by atoms with E-state index in [4.69, 9.17) is 9.47 Å². The zero-order valence-corrected chi connectivity index (χ0v) is 11.6. The van der Waals surface area contributed by atoms with E-state index in [1.807, 2.05) is 13.8 Å². The maximum atomic E-state index is 12.9. The maximum Gasteiger partial charge on any atom is 0.123 e. The number of rotatable bonds is 5. The van der Waals surface area contributed by atoms with Crippen molar-refractivity contribution >= 4 is 0 Å². The zero-order valence-electron chi connectivity index (χ0n) is 11.6. The lowest BCUT2D eigenvalue weighted by Crippen LogP contribution is -2.40. The molecule has 1 aliphatic rings. The first-order chi connectivity index (χ1) is 9.15. The molecule has 0 amide bonds. The molecule has 0 aromatic heterocycles. The predicted octanol–water partition coefficient (Wildman–Crippen LogP) is 2.62. The first kappa shape index (κ1) is 14.4. The average Bonchev–Trinajstić information content (AvgIpc) is 2.39. The lowest BCUT2D eigenvalue weighted by atomic mass is 10.1. The smallest absolute Gasteiger partial charge is 0.123 e. The van der Waals surface area contributed by atoms with Gasteiger partial charge in [-0.1, -0.05) is 12.1 Å². The van der Waals surface area contributed by atoms with Crippen LogP contribution in [0.15, 0.2) is 24.3 Å². The largest absolute Gasteiger partial charge is 0.377 e. The SMILES string of the molecule is CC(C)OCCN1CCOC(c2ccc(F)cc2)C1. The Bertz CT molecular complexity index is 380. The van der Waals surface area contributed by atoms with Crippen LogP contribution >= 0.6 is 0 Å². The summed E-state index contributed by atoms with van der Waals surface area (Å²) in [7, 11) is 0. The van der Waals surface area contributed by atoms with E-state index in [9.17, 15) is 4.39 Å². The molecule has 2 rings (SSSR count). The van der Waals surface area contributed by atoms with Crippen LogP contribution < -0.4 is 0 Å². The Balaban J connectivity index is 1.84. The van der Waals surface area contributed by atoms with Crippen molar-refractivity contribution in [2.45, 2.75) is 26.1 Å². The molecule has 1 aromatic rings.